The number of ether oxygens (including phenoxy) is 2. The summed E-state index contributed by atoms with van der Waals surface area (Å²) in [5, 5.41) is 5.82. The molecular weight excluding hydrogens is 326 g/mol. The normalized spacial score (nSPS) is 10.5. The number of hydrogen-bond acceptors (Lipinski definition) is 6. The molecule has 0 unspecified atom stereocenters. The van der Waals surface area contributed by atoms with Gasteiger partial charge in [0.05, 0.1) is 26.3 Å². The van der Waals surface area contributed by atoms with Crippen molar-refractivity contribution in [1.82, 2.24) is 15.2 Å². The van der Waals surface area contributed by atoms with Gasteiger partial charge in [-0.3, -0.25) is 4.79 Å². The van der Waals surface area contributed by atoms with E-state index in [9.17, 15) is 4.79 Å². The molecule has 0 spiro atoms. The molecule has 7 heteroatoms. The van der Waals surface area contributed by atoms with Gasteiger partial charge in [0, 0.05) is 31.1 Å². The van der Waals surface area contributed by atoms with Gasteiger partial charge >= 0.3 is 0 Å². The number of carbonyl (C=O) groups is 1. The second-order valence-electron chi connectivity index (χ2n) is 5.31. The minimum atomic E-state index is 0.0643. The number of methoxy groups -OCH3 is 2. The van der Waals surface area contributed by atoms with Crippen molar-refractivity contribution in [1.29, 1.82) is 0 Å². The fraction of sp³-hybridized carbons (Fsp3) is 0.412. The third kappa shape index (κ3) is 4.46. The van der Waals surface area contributed by atoms with Crippen LogP contribution in [0.5, 0.6) is 11.5 Å². The molecule has 0 aliphatic rings. The van der Waals surface area contributed by atoms with Gasteiger partial charge in [-0.2, -0.15) is 0 Å². The zero-order valence-corrected chi connectivity index (χ0v) is 15.3. The molecule has 0 bridgehead atoms. The van der Waals surface area contributed by atoms with Gasteiger partial charge in [0.1, 0.15) is 5.01 Å². The summed E-state index contributed by atoms with van der Waals surface area (Å²) in [7, 11) is 6.89. The molecule has 1 aromatic heterocycles. The molecule has 0 aliphatic carbocycles. The topological polar surface area (TPSA) is 63.7 Å². The lowest BCUT2D eigenvalue weighted by atomic mass is 10.2. The average molecular weight is 349 g/mol. The van der Waals surface area contributed by atoms with Gasteiger partial charge in [-0.1, -0.05) is 0 Å². The first-order chi connectivity index (χ1) is 11.6. The number of likely N-dealkylation sites (N-methyl/N-ethyl adjacent to an activating group) is 2. The highest BCUT2D eigenvalue weighted by molar-refractivity contribution is 7.13. The molecular formula is C17H23N3O3S. The lowest BCUT2D eigenvalue weighted by Crippen LogP contribution is -2.33. The van der Waals surface area contributed by atoms with Gasteiger partial charge in [-0.15, -0.1) is 11.3 Å². The Kier molecular flexibility index (Phi) is 6.57. The van der Waals surface area contributed by atoms with Crippen LogP contribution in [0.3, 0.4) is 0 Å². The maximum Gasteiger partial charge on any atom is 0.228 e. The minimum absolute atomic E-state index is 0.0643. The maximum atomic E-state index is 12.2. The van der Waals surface area contributed by atoms with Crippen LogP contribution >= 0.6 is 11.3 Å². The number of carbonyl (C=O) groups excluding carboxylic acids is 1. The van der Waals surface area contributed by atoms with Crippen LogP contribution in [0.2, 0.25) is 0 Å². The van der Waals surface area contributed by atoms with Crippen LogP contribution in [0.15, 0.2) is 23.6 Å². The smallest absolute Gasteiger partial charge is 0.228 e. The van der Waals surface area contributed by atoms with Crippen LogP contribution in [0, 0.1) is 0 Å². The summed E-state index contributed by atoms with van der Waals surface area (Å²) in [4.78, 5) is 18.5. The summed E-state index contributed by atoms with van der Waals surface area (Å²) in [5.41, 5.74) is 1.73. The number of nitrogens with zero attached hydrogens (tertiary/aromatic N) is 2. The first-order valence-electron chi connectivity index (χ1n) is 7.64. The third-order valence-corrected chi connectivity index (χ3v) is 4.58. The molecule has 6 nitrogen and oxygen atoms in total. The van der Waals surface area contributed by atoms with Crippen LogP contribution in [0.4, 0.5) is 0 Å². The van der Waals surface area contributed by atoms with E-state index in [1.807, 2.05) is 30.6 Å². The van der Waals surface area contributed by atoms with Gasteiger partial charge in [-0.25, -0.2) is 4.98 Å². The first-order valence-corrected chi connectivity index (χ1v) is 8.52. The predicted molar refractivity (Wildman–Crippen MR) is 95.9 cm³/mol. The van der Waals surface area contributed by atoms with Crippen LogP contribution in [0.25, 0.3) is 10.6 Å². The van der Waals surface area contributed by atoms with Crippen molar-refractivity contribution in [3.63, 3.8) is 0 Å². The van der Waals surface area contributed by atoms with Crippen LogP contribution < -0.4 is 14.8 Å². The molecule has 1 aromatic carbocycles. The second kappa shape index (κ2) is 8.65. The second-order valence-corrected chi connectivity index (χ2v) is 6.17. The van der Waals surface area contributed by atoms with E-state index in [2.05, 4.69) is 10.3 Å². The number of thiazole rings is 1. The molecule has 0 atom stereocenters. The van der Waals surface area contributed by atoms with E-state index in [0.29, 0.717) is 24.5 Å². The van der Waals surface area contributed by atoms with Gasteiger partial charge < -0.3 is 19.7 Å². The Morgan fingerprint density at radius 3 is 2.71 bits per heavy atom. The largest absolute Gasteiger partial charge is 0.493 e. The predicted octanol–water partition coefficient (Wildman–Crippen LogP) is 2.05. The van der Waals surface area contributed by atoms with Crippen LogP contribution in [0.1, 0.15) is 5.69 Å². The van der Waals surface area contributed by atoms with Crippen molar-refractivity contribution in [2.75, 3.05) is 41.4 Å². The van der Waals surface area contributed by atoms with Crippen molar-refractivity contribution < 1.29 is 14.3 Å². The highest BCUT2D eigenvalue weighted by atomic mass is 32.1. The van der Waals surface area contributed by atoms with Crippen molar-refractivity contribution in [2.24, 2.45) is 0 Å². The van der Waals surface area contributed by atoms with E-state index in [1.165, 1.54) is 11.3 Å². The molecule has 2 aromatic rings. The van der Waals surface area contributed by atoms with Crippen molar-refractivity contribution in [3.8, 4) is 22.1 Å². The lowest BCUT2D eigenvalue weighted by Gasteiger charge is -2.16. The molecule has 0 saturated heterocycles. The molecule has 1 N–H and O–H groups in total. The molecule has 1 amide bonds. The minimum Gasteiger partial charge on any atom is -0.493 e. The Bertz CT molecular complexity index is 687. The third-order valence-electron chi connectivity index (χ3n) is 3.64. The molecule has 1 heterocycles. The number of hydrogen-bond donors (Lipinski definition) is 1. The monoisotopic (exact) mass is 349 g/mol. The molecule has 2 rings (SSSR count). The molecule has 24 heavy (non-hydrogen) atoms. The summed E-state index contributed by atoms with van der Waals surface area (Å²) < 4.78 is 10.6. The summed E-state index contributed by atoms with van der Waals surface area (Å²) in [6.45, 7) is 1.46. The lowest BCUT2D eigenvalue weighted by molar-refractivity contribution is -0.129. The maximum absolute atomic E-state index is 12.2. The Balaban J connectivity index is 2.09. The number of nitrogens with one attached hydrogen (secondary N) is 1. The van der Waals surface area contributed by atoms with Crippen LogP contribution in [-0.2, 0) is 11.2 Å². The fourth-order valence-electron chi connectivity index (χ4n) is 2.18. The Hall–Kier alpha value is -2.12. The summed E-state index contributed by atoms with van der Waals surface area (Å²) in [6, 6.07) is 5.68. The zero-order chi connectivity index (χ0) is 17.5. The Labute approximate surface area is 146 Å². The van der Waals surface area contributed by atoms with Gasteiger partial charge in [0.25, 0.3) is 0 Å². The van der Waals surface area contributed by atoms with E-state index in [-0.39, 0.29) is 5.91 Å². The summed E-state index contributed by atoms with van der Waals surface area (Å²) in [5.74, 6) is 1.41. The fourth-order valence-corrected chi connectivity index (χ4v) is 3.00. The highest BCUT2D eigenvalue weighted by Crippen LogP contribution is 2.33. The van der Waals surface area contributed by atoms with Gasteiger partial charge in [0.2, 0.25) is 5.91 Å². The van der Waals surface area contributed by atoms with Crippen molar-refractivity contribution in [3.05, 3.63) is 29.3 Å². The Morgan fingerprint density at radius 1 is 1.29 bits per heavy atom. The van der Waals surface area contributed by atoms with Crippen molar-refractivity contribution in [2.45, 2.75) is 6.42 Å². The van der Waals surface area contributed by atoms with Gasteiger partial charge in [-0.05, 0) is 25.2 Å². The zero-order valence-electron chi connectivity index (χ0n) is 14.5. The standard InChI is InChI=1S/C17H23N3O3S/c1-18-7-8-20(2)16(21)10-13-11-24-17(19-13)12-5-6-14(22-3)15(9-12)23-4/h5-6,9,11,18H,7-8,10H2,1-4H3. The summed E-state index contributed by atoms with van der Waals surface area (Å²) in [6.07, 6.45) is 0.310. The van der Waals surface area contributed by atoms with Crippen molar-refractivity contribution >= 4 is 17.2 Å². The molecule has 0 radical (unpaired) electrons. The number of aromatic nitrogens is 1. The molecule has 130 valence electrons. The first kappa shape index (κ1) is 18.2. The molecule has 0 saturated carbocycles. The highest BCUT2D eigenvalue weighted by Gasteiger charge is 2.13. The molecule has 0 fully saturated rings. The van der Waals surface area contributed by atoms with Gasteiger partial charge in [0.15, 0.2) is 11.5 Å². The molecule has 0 aliphatic heterocycles. The number of rotatable bonds is 8. The number of benzene rings is 1. The van der Waals surface area contributed by atoms with Crippen LogP contribution in [-0.4, -0.2) is 57.2 Å². The number of amides is 1. The Morgan fingerprint density at radius 2 is 2.04 bits per heavy atom. The van der Waals surface area contributed by atoms with E-state index in [0.717, 1.165) is 22.8 Å². The van der Waals surface area contributed by atoms with E-state index in [4.69, 9.17) is 9.47 Å². The van der Waals surface area contributed by atoms with E-state index in [1.54, 1.807) is 26.2 Å². The quantitative estimate of drug-likeness (QED) is 0.790. The van der Waals surface area contributed by atoms with E-state index >= 15 is 0 Å². The van der Waals surface area contributed by atoms with E-state index < -0.39 is 0 Å². The SMILES string of the molecule is CNCCN(C)C(=O)Cc1csc(-c2ccc(OC)c(OC)c2)n1. The average Bonchev–Trinajstić information content (AvgIpc) is 3.07. The summed E-state index contributed by atoms with van der Waals surface area (Å²) >= 11 is 1.52.